The SMILES string of the molecule is CC1(C)c2ccccc2-c2cc3c4c(N(c5cccc(-c6ccccc6)c5)c5cccc(-c6ccccc6)c5)cccc4n(-c4cc(-c5nc(-c6ccccc6)nc(-c6ccccc6)n5)cc(-c5nc(-c6ccccc6)nc(-c6ccccc6)n5)c4)c3cc21. The third-order valence-corrected chi connectivity index (χ3v) is 17.2. The highest BCUT2D eigenvalue weighted by molar-refractivity contribution is 6.18. The molecule has 12 aromatic carbocycles. The van der Waals surface area contributed by atoms with Crippen molar-refractivity contribution in [1.82, 2.24) is 34.5 Å². The summed E-state index contributed by atoms with van der Waals surface area (Å²) in [7, 11) is 0. The van der Waals surface area contributed by atoms with E-state index < -0.39 is 0 Å². The summed E-state index contributed by atoms with van der Waals surface area (Å²) in [4.78, 5) is 34.2. The molecule has 89 heavy (non-hydrogen) atoms. The van der Waals surface area contributed by atoms with Gasteiger partial charge in [-0.2, -0.15) is 0 Å². The first-order valence-electron chi connectivity index (χ1n) is 30.1. The molecule has 3 aromatic heterocycles. The molecule has 0 unspecified atom stereocenters. The quantitative estimate of drug-likeness (QED) is 0.120. The van der Waals surface area contributed by atoms with E-state index in [-0.39, 0.29) is 5.41 Å². The van der Waals surface area contributed by atoms with Crippen molar-refractivity contribution in [1.29, 1.82) is 0 Å². The fourth-order valence-electron chi connectivity index (χ4n) is 12.9. The van der Waals surface area contributed by atoms with Gasteiger partial charge in [0.25, 0.3) is 0 Å². The van der Waals surface area contributed by atoms with E-state index in [1.54, 1.807) is 0 Å². The molecule has 8 heteroatoms. The highest BCUT2D eigenvalue weighted by Crippen LogP contribution is 2.53. The molecule has 1 aliphatic rings. The molecule has 16 rings (SSSR count). The summed E-state index contributed by atoms with van der Waals surface area (Å²) in [6.45, 7) is 4.71. The number of benzene rings is 12. The number of rotatable bonds is 12. The third kappa shape index (κ3) is 9.60. The zero-order chi connectivity index (χ0) is 59.4. The van der Waals surface area contributed by atoms with E-state index in [1.807, 2.05) is 121 Å². The third-order valence-electron chi connectivity index (χ3n) is 17.2. The van der Waals surface area contributed by atoms with E-state index in [2.05, 4.69) is 205 Å². The van der Waals surface area contributed by atoms with Crippen LogP contribution in [-0.4, -0.2) is 34.5 Å². The Kier molecular flexibility index (Phi) is 13.0. The Balaban J connectivity index is 1.01. The van der Waals surface area contributed by atoms with Crippen LogP contribution in [0.3, 0.4) is 0 Å². The topological polar surface area (TPSA) is 85.5 Å². The number of anilines is 3. The van der Waals surface area contributed by atoms with Gasteiger partial charge in [0.15, 0.2) is 34.9 Å². The zero-order valence-electron chi connectivity index (χ0n) is 48.9. The minimum absolute atomic E-state index is 0.307. The lowest BCUT2D eigenvalue weighted by Crippen LogP contribution is -2.15. The summed E-state index contributed by atoms with van der Waals surface area (Å²) in [6, 6.07) is 107. The maximum atomic E-state index is 5.37. The van der Waals surface area contributed by atoms with Crippen molar-refractivity contribution in [2.45, 2.75) is 19.3 Å². The van der Waals surface area contributed by atoms with Gasteiger partial charge in [0.2, 0.25) is 0 Å². The highest BCUT2D eigenvalue weighted by Gasteiger charge is 2.37. The molecule has 15 aromatic rings. The highest BCUT2D eigenvalue weighted by atomic mass is 15.1. The van der Waals surface area contributed by atoms with Crippen LogP contribution in [0.15, 0.2) is 303 Å². The minimum Gasteiger partial charge on any atom is -0.310 e. The Morgan fingerprint density at radius 1 is 0.281 bits per heavy atom. The molecule has 0 atom stereocenters. The fourth-order valence-corrected chi connectivity index (χ4v) is 12.9. The molecule has 0 amide bonds. The number of aromatic nitrogens is 7. The first-order valence-corrected chi connectivity index (χ1v) is 30.1. The maximum Gasteiger partial charge on any atom is 0.164 e. The van der Waals surface area contributed by atoms with E-state index in [0.717, 1.165) is 100 Å². The summed E-state index contributed by atoms with van der Waals surface area (Å²) in [6.07, 6.45) is 0. The predicted molar refractivity (Wildman–Crippen MR) is 363 cm³/mol. The van der Waals surface area contributed by atoms with Crippen LogP contribution in [0.25, 0.3) is 129 Å². The molecular weight excluding hydrogens is 1080 g/mol. The van der Waals surface area contributed by atoms with Crippen molar-refractivity contribution in [2.24, 2.45) is 0 Å². The molecule has 0 bridgehead atoms. The summed E-state index contributed by atoms with van der Waals surface area (Å²) < 4.78 is 2.44. The number of hydrogen-bond donors (Lipinski definition) is 0. The molecule has 0 fully saturated rings. The molecule has 8 nitrogen and oxygen atoms in total. The Morgan fingerprint density at radius 2 is 0.663 bits per heavy atom. The molecule has 1 aliphatic carbocycles. The van der Waals surface area contributed by atoms with Crippen molar-refractivity contribution in [3.05, 3.63) is 314 Å². The Bertz CT molecular complexity index is 4800. The Morgan fingerprint density at radius 3 is 1.11 bits per heavy atom. The predicted octanol–water partition coefficient (Wildman–Crippen LogP) is 20.3. The summed E-state index contributed by atoms with van der Waals surface area (Å²) in [5.74, 6) is 3.25. The number of fused-ring (bicyclic) bond motifs is 6. The monoisotopic (exact) mass is 1140 g/mol. The van der Waals surface area contributed by atoms with Crippen molar-refractivity contribution in [3.8, 4) is 107 Å². The van der Waals surface area contributed by atoms with Crippen molar-refractivity contribution in [2.75, 3.05) is 4.90 Å². The van der Waals surface area contributed by atoms with Crippen LogP contribution < -0.4 is 4.90 Å². The van der Waals surface area contributed by atoms with Gasteiger partial charge in [-0.15, -0.1) is 0 Å². The van der Waals surface area contributed by atoms with Crippen LogP contribution in [0.2, 0.25) is 0 Å². The second-order valence-electron chi connectivity index (χ2n) is 23.1. The minimum atomic E-state index is -0.307. The lowest BCUT2D eigenvalue weighted by atomic mass is 9.82. The van der Waals surface area contributed by atoms with Gasteiger partial charge in [-0.05, 0) is 111 Å². The molecule has 0 radical (unpaired) electrons. The first kappa shape index (κ1) is 52.8. The lowest BCUT2D eigenvalue weighted by Gasteiger charge is -2.27. The van der Waals surface area contributed by atoms with Gasteiger partial charge < -0.3 is 9.47 Å². The van der Waals surface area contributed by atoms with Gasteiger partial charge in [-0.25, -0.2) is 29.9 Å². The van der Waals surface area contributed by atoms with Gasteiger partial charge in [-0.3, -0.25) is 0 Å². The number of hydrogen-bond acceptors (Lipinski definition) is 7. The second-order valence-corrected chi connectivity index (χ2v) is 23.1. The van der Waals surface area contributed by atoms with Gasteiger partial charge in [-0.1, -0.05) is 250 Å². The summed E-state index contributed by atoms with van der Waals surface area (Å²) in [5.41, 5.74) is 20.3. The molecule has 0 saturated carbocycles. The summed E-state index contributed by atoms with van der Waals surface area (Å²) in [5, 5.41) is 2.19. The van der Waals surface area contributed by atoms with Gasteiger partial charge in [0.1, 0.15) is 0 Å². The van der Waals surface area contributed by atoms with Gasteiger partial charge in [0.05, 0.1) is 16.7 Å². The molecule has 0 aliphatic heterocycles. The molecule has 0 saturated heterocycles. The van der Waals surface area contributed by atoms with Crippen LogP contribution in [-0.2, 0) is 5.41 Å². The Hall–Kier alpha value is -11.7. The van der Waals surface area contributed by atoms with E-state index in [9.17, 15) is 0 Å². The van der Waals surface area contributed by atoms with E-state index in [4.69, 9.17) is 29.9 Å². The molecule has 420 valence electrons. The van der Waals surface area contributed by atoms with Crippen molar-refractivity contribution < 1.29 is 0 Å². The fraction of sp³-hybridized carbons (Fsp3) is 0.0370. The van der Waals surface area contributed by atoms with Crippen molar-refractivity contribution in [3.63, 3.8) is 0 Å². The standard InChI is InChI=1S/C81H56N8/c1-81(2)69-43-22-21-42-66(69)67-51-68-73(52-70(67)81)89(72-45-25-44-71(74(68)72)88(63-40-23-38-59(47-63)53-26-9-3-10-27-53)64-41-24-39-60(48-64)54-28-11-4-12-29-54)65-49-61(79-84-75(55-30-13-5-14-31-55)82-76(85-79)56-32-15-6-16-33-56)46-62(50-65)80-86-77(57-34-17-7-18-35-57)83-78(87-80)58-36-19-8-20-37-58/h3-52H,1-2H3. The van der Waals surface area contributed by atoms with Crippen LogP contribution in [0.4, 0.5) is 17.1 Å². The number of nitrogens with zero attached hydrogens (tertiary/aromatic N) is 8. The normalized spacial score (nSPS) is 12.2. The van der Waals surface area contributed by atoms with Crippen LogP contribution in [0.5, 0.6) is 0 Å². The van der Waals surface area contributed by atoms with Gasteiger partial charge in [0, 0.05) is 66.6 Å². The average molecular weight is 1140 g/mol. The first-order chi connectivity index (χ1) is 43.9. The summed E-state index contributed by atoms with van der Waals surface area (Å²) >= 11 is 0. The Labute approximate surface area is 516 Å². The van der Waals surface area contributed by atoms with Crippen LogP contribution >= 0.6 is 0 Å². The average Bonchev–Trinajstić information content (AvgIpc) is 1.59. The lowest BCUT2D eigenvalue weighted by molar-refractivity contribution is 0.661. The zero-order valence-corrected chi connectivity index (χ0v) is 48.9. The molecular formula is C81H56N8. The van der Waals surface area contributed by atoms with E-state index in [0.29, 0.717) is 34.9 Å². The molecule has 3 heterocycles. The van der Waals surface area contributed by atoms with E-state index in [1.165, 1.54) is 22.3 Å². The van der Waals surface area contributed by atoms with Crippen molar-refractivity contribution >= 4 is 38.9 Å². The molecule has 0 spiro atoms. The largest absolute Gasteiger partial charge is 0.310 e. The maximum absolute atomic E-state index is 5.37. The smallest absolute Gasteiger partial charge is 0.164 e. The van der Waals surface area contributed by atoms with E-state index >= 15 is 0 Å². The van der Waals surface area contributed by atoms with Crippen LogP contribution in [0, 0.1) is 0 Å². The second kappa shape index (κ2) is 22.0. The van der Waals surface area contributed by atoms with Gasteiger partial charge >= 0.3 is 0 Å². The van der Waals surface area contributed by atoms with Crippen LogP contribution in [0.1, 0.15) is 25.0 Å². The molecule has 0 N–H and O–H groups in total.